The lowest BCUT2D eigenvalue weighted by atomic mass is 10.2. The van der Waals surface area contributed by atoms with Crippen molar-refractivity contribution < 1.29 is 13.2 Å². The Hall–Kier alpha value is -1.96. The molecular weight excluding hydrogens is 416 g/mol. The Balaban J connectivity index is 1.47. The van der Waals surface area contributed by atoms with Crippen molar-refractivity contribution in [3.63, 3.8) is 0 Å². The van der Waals surface area contributed by atoms with Gasteiger partial charge in [0.15, 0.2) is 9.84 Å². The topological polar surface area (TPSA) is 67.3 Å². The van der Waals surface area contributed by atoms with Crippen molar-refractivity contribution in [3.05, 3.63) is 58.6 Å². The normalized spacial score (nSPS) is 17.3. The fourth-order valence-electron chi connectivity index (χ4n) is 3.48. The van der Waals surface area contributed by atoms with Gasteiger partial charge in [-0.1, -0.05) is 23.7 Å². The van der Waals surface area contributed by atoms with E-state index in [0.717, 1.165) is 28.1 Å². The van der Waals surface area contributed by atoms with E-state index in [9.17, 15) is 13.2 Å². The van der Waals surface area contributed by atoms with Crippen molar-refractivity contribution in [2.75, 3.05) is 12.3 Å². The summed E-state index contributed by atoms with van der Waals surface area (Å²) in [4.78, 5) is 19.5. The number of carbonyl (C=O) groups is 1. The Morgan fingerprint density at radius 3 is 2.68 bits per heavy atom. The third kappa shape index (κ3) is 3.92. The molecule has 1 saturated heterocycles. The lowest BCUT2D eigenvalue weighted by Crippen LogP contribution is -2.31. The van der Waals surface area contributed by atoms with Crippen LogP contribution in [0.15, 0.2) is 53.4 Å². The van der Waals surface area contributed by atoms with Gasteiger partial charge in [-0.2, -0.15) is 0 Å². The number of halogens is 1. The Labute approximate surface area is 172 Å². The summed E-state index contributed by atoms with van der Waals surface area (Å²) in [5, 5.41) is 1.40. The summed E-state index contributed by atoms with van der Waals surface area (Å²) in [7, 11) is -3.52. The molecule has 1 aliphatic rings. The number of nitrogens with zero attached hydrogens (tertiary/aromatic N) is 2. The highest BCUT2D eigenvalue weighted by Gasteiger charge is 2.32. The van der Waals surface area contributed by atoms with E-state index in [1.54, 1.807) is 28.4 Å². The van der Waals surface area contributed by atoms with Crippen LogP contribution in [0.1, 0.15) is 30.3 Å². The fourth-order valence-corrected chi connectivity index (χ4v) is 5.95. The van der Waals surface area contributed by atoms with E-state index in [0.29, 0.717) is 11.6 Å². The maximum Gasteiger partial charge on any atom is 0.224 e. The minimum absolute atomic E-state index is 0.0354. The van der Waals surface area contributed by atoms with Crippen LogP contribution in [-0.2, 0) is 14.6 Å². The molecule has 2 aromatic carbocycles. The molecule has 1 unspecified atom stereocenters. The number of thiazole rings is 1. The van der Waals surface area contributed by atoms with E-state index in [-0.39, 0.29) is 29.0 Å². The van der Waals surface area contributed by atoms with Crippen molar-refractivity contribution in [2.45, 2.75) is 30.2 Å². The molecule has 1 aliphatic heterocycles. The molecule has 0 N–H and O–H groups in total. The van der Waals surface area contributed by atoms with E-state index in [4.69, 9.17) is 11.6 Å². The molecule has 0 saturated carbocycles. The zero-order valence-corrected chi connectivity index (χ0v) is 17.4. The number of fused-ring (bicyclic) bond motifs is 1. The number of hydrogen-bond donors (Lipinski definition) is 0. The minimum Gasteiger partial charge on any atom is -0.333 e. The second kappa shape index (κ2) is 7.81. The molecule has 1 fully saturated rings. The summed E-state index contributed by atoms with van der Waals surface area (Å²) in [5.41, 5.74) is 0.937. The number of likely N-dealkylation sites (tertiary alicyclic amines) is 1. The molecule has 0 radical (unpaired) electrons. The zero-order chi connectivity index (χ0) is 19.7. The molecule has 146 valence electrons. The van der Waals surface area contributed by atoms with Gasteiger partial charge in [-0.15, -0.1) is 11.3 Å². The van der Waals surface area contributed by atoms with Gasteiger partial charge >= 0.3 is 0 Å². The molecule has 1 aromatic heterocycles. The summed E-state index contributed by atoms with van der Waals surface area (Å²) < 4.78 is 26.1. The number of sulfone groups is 1. The molecule has 1 amide bonds. The molecule has 3 aromatic rings. The molecule has 0 aliphatic carbocycles. The second-order valence-corrected chi connectivity index (χ2v) is 10.4. The monoisotopic (exact) mass is 434 g/mol. The summed E-state index contributed by atoms with van der Waals surface area (Å²) in [6.07, 6.45) is 1.72. The first-order valence-electron chi connectivity index (χ1n) is 9.07. The van der Waals surface area contributed by atoms with Crippen molar-refractivity contribution in [1.29, 1.82) is 0 Å². The van der Waals surface area contributed by atoms with E-state index < -0.39 is 9.84 Å². The third-order valence-electron chi connectivity index (χ3n) is 4.93. The number of rotatable bonds is 5. The van der Waals surface area contributed by atoms with Crippen LogP contribution in [0, 0.1) is 0 Å². The van der Waals surface area contributed by atoms with E-state index in [1.165, 1.54) is 12.1 Å². The van der Waals surface area contributed by atoms with Gasteiger partial charge in [0, 0.05) is 18.0 Å². The van der Waals surface area contributed by atoms with Crippen LogP contribution in [0.3, 0.4) is 0 Å². The number of hydrogen-bond acceptors (Lipinski definition) is 5. The first-order chi connectivity index (χ1) is 13.4. The summed E-state index contributed by atoms with van der Waals surface area (Å²) in [6.45, 7) is 0.639. The predicted octanol–water partition coefficient (Wildman–Crippen LogP) is 4.48. The van der Waals surface area contributed by atoms with Crippen molar-refractivity contribution in [3.8, 4) is 0 Å². The van der Waals surface area contributed by atoms with Crippen molar-refractivity contribution in [2.24, 2.45) is 0 Å². The lowest BCUT2D eigenvalue weighted by Gasteiger charge is -2.23. The number of amides is 1. The quantitative estimate of drug-likeness (QED) is 0.593. The summed E-state index contributed by atoms with van der Waals surface area (Å²) in [6, 6.07) is 13.9. The average molecular weight is 435 g/mol. The SMILES string of the molecule is O=C(CCS(=O)(=O)c1ccc(Cl)cc1)N1CCCC1c1nc2ccccc2s1. The number of para-hydroxylation sites is 1. The van der Waals surface area contributed by atoms with Crippen LogP contribution in [0.4, 0.5) is 0 Å². The van der Waals surface area contributed by atoms with Crippen LogP contribution >= 0.6 is 22.9 Å². The highest BCUT2D eigenvalue weighted by molar-refractivity contribution is 7.91. The van der Waals surface area contributed by atoms with Crippen LogP contribution in [0.25, 0.3) is 10.2 Å². The third-order valence-corrected chi connectivity index (χ3v) is 8.05. The Bertz CT molecular complexity index is 1080. The highest BCUT2D eigenvalue weighted by atomic mass is 35.5. The van der Waals surface area contributed by atoms with Crippen LogP contribution in [-0.4, -0.2) is 36.5 Å². The van der Waals surface area contributed by atoms with Gasteiger partial charge < -0.3 is 4.90 Å². The molecular formula is C20H19ClN2O3S2. The van der Waals surface area contributed by atoms with Gasteiger partial charge in [-0.25, -0.2) is 13.4 Å². The van der Waals surface area contributed by atoms with Crippen LogP contribution < -0.4 is 0 Å². The van der Waals surface area contributed by atoms with Crippen LogP contribution in [0.2, 0.25) is 5.02 Å². The smallest absolute Gasteiger partial charge is 0.224 e. The highest BCUT2D eigenvalue weighted by Crippen LogP contribution is 2.36. The molecule has 28 heavy (non-hydrogen) atoms. The maximum atomic E-state index is 12.8. The summed E-state index contributed by atoms with van der Waals surface area (Å²) in [5.74, 6) is -0.351. The average Bonchev–Trinajstić information content (AvgIpc) is 3.33. The molecule has 0 spiro atoms. The van der Waals surface area contributed by atoms with Gasteiger partial charge in [-0.3, -0.25) is 4.79 Å². The zero-order valence-electron chi connectivity index (χ0n) is 15.0. The van der Waals surface area contributed by atoms with Crippen molar-refractivity contribution >= 4 is 48.9 Å². The second-order valence-electron chi connectivity index (χ2n) is 6.79. The standard InChI is InChI=1S/C20H19ClN2O3S2/c21-14-7-9-15(10-8-14)28(25,26)13-11-19(24)23-12-3-5-17(23)20-22-16-4-1-2-6-18(16)27-20/h1-2,4,6-10,17H,3,5,11-13H2. The van der Waals surface area contributed by atoms with Crippen molar-refractivity contribution in [1.82, 2.24) is 9.88 Å². The van der Waals surface area contributed by atoms with Gasteiger partial charge in [-0.05, 0) is 49.2 Å². The maximum absolute atomic E-state index is 12.8. The minimum atomic E-state index is -3.52. The Morgan fingerprint density at radius 1 is 1.18 bits per heavy atom. The molecule has 5 nitrogen and oxygen atoms in total. The number of benzene rings is 2. The van der Waals surface area contributed by atoms with E-state index >= 15 is 0 Å². The van der Waals surface area contributed by atoms with Gasteiger partial charge in [0.25, 0.3) is 0 Å². The Kier molecular flexibility index (Phi) is 5.40. The number of aromatic nitrogens is 1. The molecule has 1 atom stereocenters. The first-order valence-corrected chi connectivity index (χ1v) is 11.9. The molecule has 4 rings (SSSR count). The molecule has 8 heteroatoms. The van der Waals surface area contributed by atoms with Gasteiger partial charge in [0.2, 0.25) is 5.91 Å². The largest absolute Gasteiger partial charge is 0.333 e. The molecule has 2 heterocycles. The Morgan fingerprint density at radius 2 is 1.93 bits per heavy atom. The number of carbonyl (C=O) groups excluding carboxylic acids is 1. The van der Waals surface area contributed by atoms with E-state index in [2.05, 4.69) is 4.98 Å². The lowest BCUT2D eigenvalue weighted by molar-refractivity contribution is -0.131. The first kappa shape index (κ1) is 19.4. The van der Waals surface area contributed by atoms with E-state index in [1.807, 2.05) is 24.3 Å². The predicted molar refractivity (Wildman–Crippen MR) is 111 cm³/mol. The summed E-state index contributed by atoms with van der Waals surface area (Å²) >= 11 is 7.42. The van der Waals surface area contributed by atoms with Gasteiger partial charge in [0.1, 0.15) is 5.01 Å². The molecule has 0 bridgehead atoms. The van der Waals surface area contributed by atoms with Gasteiger partial charge in [0.05, 0.1) is 26.9 Å². The van der Waals surface area contributed by atoms with Crippen LogP contribution in [0.5, 0.6) is 0 Å². The fraction of sp³-hybridized carbons (Fsp3) is 0.300.